The molecule has 0 spiro atoms. The van der Waals surface area contributed by atoms with E-state index in [2.05, 4.69) is 27.5 Å². The summed E-state index contributed by atoms with van der Waals surface area (Å²) >= 11 is 1.75. The third kappa shape index (κ3) is 2.28. The number of hydrogen-bond donors (Lipinski definition) is 2. The molecule has 3 nitrogen and oxygen atoms in total. The Kier molecular flexibility index (Phi) is 2.99. The highest BCUT2D eigenvalue weighted by Gasteiger charge is 2.22. The van der Waals surface area contributed by atoms with E-state index < -0.39 is 0 Å². The van der Waals surface area contributed by atoms with Gasteiger partial charge in [0.05, 0.1) is 16.8 Å². The van der Waals surface area contributed by atoms with Crippen LogP contribution in [0, 0.1) is 0 Å². The van der Waals surface area contributed by atoms with Crippen LogP contribution in [0.4, 0.5) is 0 Å². The molecule has 2 heterocycles. The zero-order valence-electron chi connectivity index (χ0n) is 9.73. The van der Waals surface area contributed by atoms with Gasteiger partial charge in [-0.1, -0.05) is 6.07 Å². The van der Waals surface area contributed by atoms with Gasteiger partial charge in [-0.3, -0.25) is 0 Å². The maximum Gasteiger partial charge on any atom is 0.109 e. The van der Waals surface area contributed by atoms with Gasteiger partial charge in [0.25, 0.3) is 0 Å². The number of nitrogens with two attached hydrogens (primary N) is 1. The summed E-state index contributed by atoms with van der Waals surface area (Å²) in [5, 5.41) is 2.09. The van der Waals surface area contributed by atoms with Crippen molar-refractivity contribution in [3.8, 4) is 10.6 Å². The number of nitrogens with zero attached hydrogens (tertiary/aromatic N) is 1. The molecule has 1 aliphatic rings. The Morgan fingerprint density at radius 3 is 2.82 bits per heavy atom. The van der Waals surface area contributed by atoms with Gasteiger partial charge in [-0.2, -0.15) is 0 Å². The molecular formula is C13H17N3S. The molecular weight excluding hydrogens is 230 g/mol. The van der Waals surface area contributed by atoms with Gasteiger partial charge < -0.3 is 10.7 Å². The monoisotopic (exact) mass is 247 g/mol. The van der Waals surface area contributed by atoms with E-state index in [1.165, 1.54) is 17.7 Å². The van der Waals surface area contributed by atoms with Gasteiger partial charge in [-0.15, -0.1) is 11.3 Å². The molecule has 0 radical (unpaired) electrons. The predicted octanol–water partition coefficient (Wildman–Crippen LogP) is 3.12. The van der Waals surface area contributed by atoms with Crippen molar-refractivity contribution in [2.45, 2.75) is 37.6 Å². The molecule has 0 amide bonds. The highest BCUT2D eigenvalue weighted by Crippen LogP contribution is 2.32. The number of nitrogens with one attached hydrogen (secondary N) is 1. The van der Waals surface area contributed by atoms with Crippen LogP contribution in [0.5, 0.6) is 0 Å². The molecule has 17 heavy (non-hydrogen) atoms. The molecule has 2 aromatic rings. The lowest BCUT2D eigenvalue weighted by molar-refractivity contribution is 0.386. The lowest BCUT2D eigenvalue weighted by Crippen LogP contribution is -2.26. The van der Waals surface area contributed by atoms with Crippen LogP contribution in [0.2, 0.25) is 0 Å². The molecule has 4 heteroatoms. The Balaban J connectivity index is 1.76. The lowest BCUT2D eigenvalue weighted by Gasteiger charge is -2.24. The first-order valence-corrected chi connectivity index (χ1v) is 7.05. The second kappa shape index (κ2) is 4.63. The molecule has 0 aliphatic heterocycles. The SMILES string of the molecule is NC1CCC(c2ncc(-c3cccs3)[nH]2)CC1. The summed E-state index contributed by atoms with van der Waals surface area (Å²) in [5.41, 5.74) is 7.07. The smallest absolute Gasteiger partial charge is 0.109 e. The third-order valence-corrected chi connectivity index (χ3v) is 4.44. The highest BCUT2D eigenvalue weighted by molar-refractivity contribution is 7.13. The quantitative estimate of drug-likeness (QED) is 0.856. The fourth-order valence-corrected chi connectivity index (χ4v) is 3.19. The van der Waals surface area contributed by atoms with Crippen molar-refractivity contribution in [1.82, 2.24) is 9.97 Å². The van der Waals surface area contributed by atoms with Gasteiger partial charge in [-0.05, 0) is 37.1 Å². The summed E-state index contributed by atoms with van der Waals surface area (Å²) in [4.78, 5) is 9.25. The minimum atomic E-state index is 0.401. The molecule has 3 rings (SSSR count). The molecule has 90 valence electrons. The van der Waals surface area contributed by atoms with Crippen LogP contribution < -0.4 is 5.73 Å². The van der Waals surface area contributed by atoms with Crippen LogP contribution >= 0.6 is 11.3 Å². The molecule has 0 bridgehead atoms. The number of H-pyrrole nitrogens is 1. The summed E-state index contributed by atoms with van der Waals surface area (Å²) in [6.45, 7) is 0. The van der Waals surface area contributed by atoms with Gasteiger partial charge in [0, 0.05) is 12.0 Å². The Morgan fingerprint density at radius 1 is 1.29 bits per heavy atom. The Labute approximate surface area is 105 Å². The van der Waals surface area contributed by atoms with E-state index in [1.54, 1.807) is 11.3 Å². The van der Waals surface area contributed by atoms with E-state index >= 15 is 0 Å². The van der Waals surface area contributed by atoms with Crippen LogP contribution in [-0.4, -0.2) is 16.0 Å². The zero-order chi connectivity index (χ0) is 11.7. The van der Waals surface area contributed by atoms with Crippen LogP contribution in [0.15, 0.2) is 23.7 Å². The first-order chi connectivity index (χ1) is 8.33. The van der Waals surface area contributed by atoms with Gasteiger partial charge in [-0.25, -0.2) is 4.98 Å². The van der Waals surface area contributed by atoms with Gasteiger partial charge >= 0.3 is 0 Å². The van der Waals surface area contributed by atoms with Crippen LogP contribution in [-0.2, 0) is 0 Å². The first-order valence-electron chi connectivity index (χ1n) is 6.17. The fourth-order valence-electron chi connectivity index (χ4n) is 2.49. The normalized spacial score (nSPS) is 25.0. The second-order valence-corrected chi connectivity index (χ2v) is 5.72. The maximum atomic E-state index is 5.93. The lowest BCUT2D eigenvalue weighted by atomic mass is 9.86. The van der Waals surface area contributed by atoms with E-state index in [-0.39, 0.29) is 0 Å². The number of hydrogen-bond acceptors (Lipinski definition) is 3. The largest absolute Gasteiger partial charge is 0.341 e. The van der Waals surface area contributed by atoms with E-state index in [0.29, 0.717) is 12.0 Å². The van der Waals surface area contributed by atoms with Crippen molar-refractivity contribution < 1.29 is 0 Å². The van der Waals surface area contributed by atoms with E-state index in [9.17, 15) is 0 Å². The minimum Gasteiger partial charge on any atom is -0.341 e. The average molecular weight is 247 g/mol. The van der Waals surface area contributed by atoms with Crippen molar-refractivity contribution in [1.29, 1.82) is 0 Å². The summed E-state index contributed by atoms with van der Waals surface area (Å²) in [6.07, 6.45) is 6.53. The Bertz CT molecular complexity index is 467. The zero-order valence-corrected chi connectivity index (χ0v) is 10.5. The molecule has 2 aromatic heterocycles. The summed E-state index contributed by atoms with van der Waals surface area (Å²) in [6, 6.07) is 4.59. The molecule has 1 fully saturated rings. The number of aromatic nitrogens is 2. The Hall–Kier alpha value is -1.13. The van der Waals surface area contributed by atoms with Gasteiger partial charge in [0.15, 0.2) is 0 Å². The second-order valence-electron chi connectivity index (χ2n) is 4.77. The molecule has 0 atom stereocenters. The molecule has 0 aromatic carbocycles. The van der Waals surface area contributed by atoms with Crippen molar-refractivity contribution >= 4 is 11.3 Å². The number of aromatic amines is 1. The van der Waals surface area contributed by atoms with E-state index in [0.717, 1.165) is 24.4 Å². The standard InChI is InChI=1S/C13H17N3S/c14-10-5-3-9(4-6-10)13-15-8-11(16-13)12-2-1-7-17-12/h1-2,7-10H,3-6,14H2,(H,15,16). The van der Waals surface area contributed by atoms with Crippen molar-refractivity contribution in [2.75, 3.05) is 0 Å². The highest BCUT2D eigenvalue weighted by atomic mass is 32.1. The number of thiophene rings is 1. The summed E-state index contributed by atoms with van der Waals surface area (Å²) in [5.74, 6) is 1.71. The van der Waals surface area contributed by atoms with Crippen LogP contribution in [0.3, 0.4) is 0 Å². The minimum absolute atomic E-state index is 0.401. The summed E-state index contributed by atoms with van der Waals surface area (Å²) < 4.78 is 0. The van der Waals surface area contributed by atoms with Gasteiger partial charge in [0.2, 0.25) is 0 Å². The van der Waals surface area contributed by atoms with Crippen molar-refractivity contribution in [2.24, 2.45) is 5.73 Å². The van der Waals surface area contributed by atoms with E-state index in [4.69, 9.17) is 5.73 Å². The fraction of sp³-hybridized carbons (Fsp3) is 0.462. The number of imidazole rings is 1. The maximum absolute atomic E-state index is 5.93. The van der Waals surface area contributed by atoms with E-state index in [1.807, 2.05) is 6.20 Å². The van der Waals surface area contributed by atoms with Crippen molar-refractivity contribution in [3.05, 3.63) is 29.5 Å². The van der Waals surface area contributed by atoms with Crippen molar-refractivity contribution in [3.63, 3.8) is 0 Å². The third-order valence-electron chi connectivity index (χ3n) is 3.54. The topological polar surface area (TPSA) is 54.7 Å². The number of rotatable bonds is 2. The summed E-state index contributed by atoms with van der Waals surface area (Å²) in [7, 11) is 0. The van der Waals surface area contributed by atoms with Crippen LogP contribution in [0.25, 0.3) is 10.6 Å². The molecule has 0 saturated heterocycles. The average Bonchev–Trinajstić information content (AvgIpc) is 3.00. The molecule has 1 saturated carbocycles. The predicted molar refractivity (Wildman–Crippen MR) is 71.1 cm³/mol. The Morgan fingerprint density at radius 2 is 2.12 bits per heavy atom. The molecule has 3 N–H and O–H groups in total. The van der Waals surface area contributed by atoms with Gasteiger partial charge in [0.1, 0.15) is 5.82 Å². The first kappa shape index (κ1) is 11.0. The molecule has 0 unspecified atom stereocenters. The molecule has 1 aliphatic carbocycles. The van der Waals surface area contributed by atoms with Crippen LogP contribution in [0.1, 0.15) is 37.4 Å².